The first kappa shape index (κ1) is 16.2. The van der Waals surface area contributed by atoms with Gasteiger partial charge in [0, 0.05) is 4.88 Å². The van der Waals surface area contributed by atoms with Crippen molar-refractivity contribution in [2.75, 3.05) is 0 Å². The molecule has 0 saturated carbocycles. The van der Waals surface area contributed by atoms with Gasteiger partial charge in [-0.1, -0.05) is 29.3 Å². The molecule has 2 aromatic rings. The zero-order valence-electron chi connectivity index (χ0n) is 10.8. The van der Waals surface area contributed by atoms with Crippen LogP contribution < -0.4 is 5.32 Å². The molecule has 21 heavy (non-hydrogen) atoms. The second kappa shape index (κ2) is 7.22. The Balaban J connectivity index is 1.88. The highest BCUT2D eigenvalue weighted by atomic mass is 35.5. The van der Waals surface area contributed by atoms with Crippen molar-refractivity contribution in [1.29, 1.82) is 0 Å². The van der Waals surface area contributed by atoms with Crippen molar-refractivity contribution in [3.05, 3.63) is 37.4 Å². The van der Waals surface area contributed by atoms with Crippen molar-refractivity contribution < 1.29 is 14.3 Å². The number of esters is 1. The summed E-state index contributed by atoms with van der Waals surface area (Å²) in [6, 6.07) is 3.79. The summed E-state index contributed by atoms with van der Waals surface area (Å²) in [5.41, 5.74) is -0.0791. The van der Waals surface area contributed by atoms with Crippen LogP contribution in [0.25, 0.3) is 0 Å². The van der Waals surface area contributed by atoms with Crippen LogP contribution in [0, 0.1) is 0 Å². The van der Waals surface area contributed by atoms with E-state index in [1.165, 1.54) is 18.3 Å². The average molecular weight is 365 g/mol. The molecule has 0 radical (unpaired) electrons. The van der Waals surface area contributed by atoms with Crippen LogP contribution >= 0.6 is 46.1 Å². The molecule has 5 nitrogen and oxygen atoms in total. The van der Waals surface area contributed by atoms with Gasteiger partial charge in [0.2, 0.25) is 0 Å². The highest BCUT2D eigenvalue weighted by Gasteiger charge is 2.24. The molecule has 2 aromatic heterocycles. The Kier molecular flexibility index (Phi) is 5.58. The lowest BCUT2D eigenvalue weighted by atomic mass is 10.3. The fraction of sp³-hybridized carbons (Fsp3) is 0.250. The number of halogens is 2. The molecule has 2 rings (SSSR count). The molecule has 0 aromatic carbocycles. The highest BCUT2D eigenvalue weighted by Crippen LogP contribution is 2.29. The Morgan fingerprint density at radius 1 is 1.48 bits per heavy atom. The summed E-state index contributed by atoms with van der Waals surface area (Å²) in [5.74, 6) is -1.17. The van der Waals surface area contributed by atoms with E-state index < -0.39 is 18.0 Å². The van der Waals surface area contributed by atoms with Gasteiger partial charge >= 0.3 is 5.97 Å². The van der Waals surface area contributed by atoms with Crippen molar-refractivity contribution in [2.24, 2.45) is 0 Å². The largest absolute Gasteiger partial charge is 0.448 e. The molecule has 1 N–H and O–H groups in total. The third-order valence-electron chi connectivity index (χ3n) is 2.46. The number of aromatic nitrogens is 1. The zero-order chi connectivity index (χ0) is 15.4. The Morgan fingerprint density at radius 3 is 2.81 bits per heavy atom. The summed E-state index contributed by atoms with van der Waals surface area (Å²) in [4.78, 5) is 24.7. The number of hydrogen-bond donors (Lipinski definition) is 1. The van der Waals surface area contributed by atoms with Crippen molar-refractivity contribution in [3.63, 3.8) is 0 Å². The summed E-state index contributed by atoms with van der Waals surface area (Å²) in [7, 11) is 0. The summed E-state index contributed by atoms with van der Waals surface area (Å²) >= 11 is 13.9. The normalized spacial score (nSPS) is 12.0. The number of carbonyl (C=O) groups is 2. The molecule has 0 saturated heterocycles. The highest BCUT2D eigenvalue weighted by molar-refractivity contribution is 7.11. The maximum atomic E-state index is 11.8. The van der Waals surface area contributed by atoms with Crippen LogP contribution in [0.3, 0.4) is 0 Å². The summed E-state index contributed by atoms with van der Waals surface area (Å²) in [6.45, 7) is 1.87. The molecule has 0 aliphatic carbocycles. The lowest BCUT2D eigenvalue weighted by Crippen LogP contribution is -2.35. The predicted molar refractivity (Wildman–Crippen MR) is 83.2 cm³/mol. The topological polar surface area (TPSA) is 68.3 Å². The van der Waals surface area contributed by atoms with E-state index in [0.29, 0.717) is 6.54 Å². The minimum absolute atomic E-state index is 0.0397. The maximum Gasteiger partial charge on any atom is 0.360 e. The van der Waals surface area contributed by atoms with Gasteiger partial charge in [0.25, 0.3) is 5.91 Å². The molecule has 0 fully saturated rings. The van der Waals surface area contributed by atoms with Gasteiger partial charge in [0.1, 0.15) is 9.36 Å². The Hall–Kier alpha value is -1.15. The molecule has 0 unspecified atom stereocenters. The monoisotopic (exact) mass is 364 g/mol. The second-order valence-corrected chi connectivity index (χ2v) is 6.75. The lowest BCUT2D eigenvalue weighted by Gasteiger charge is -2.12. The molecule has 1 amide bonds. The van der Waals surface area contributed by atoms with Crippen LogP contribution in [-0.4, -0.2) is 22.4 Å². The van der Waals surface area contributed by atoms with Gasteiger partial charge in [-0.15, -0.1) is 11.3 Å². The number of amides is 1. The van der Waals surface area contributed by atoms with Crippen LogP contribution in [0.2, 0.25) is 9.36 Å². The van der Waals surface area contributed by atoms with Gasteiger partial charge < -0.3 is 10.1 Å². The van der Waals surface area contributed by atoms with E-state index in [4.69, 9.17) is 27.9 Å². The fourth-order valence-corrected chi connectivity index (χ4v) is 3.01. The van der Waals surface area contributed by atoms with Gasteiger partial charge in [-0.3, -0.25) is 4.79 Å². The Bertz CT molecular complexity index is 643. The van der Waals surface area contributed by atoms with Crippen LogP contribution in [0.5, 0.6) is 0 Å². The molecular formula is C12H10Cl2N2O3S2. The summed E-state index contributed by atoms with van der Waals surface area (Å²) < 4.78 is 9.01. The first-order valence-electron chi connectivity index (χ1n) is 5.80. The number of nitrogens with one attached hydrogen (secondary N) is 1. The first-order valence-corrected chi connectivity index (χ1v) is 8.21. The molecule has 1 atom stereocenters. The smallest absolute Gasteiger partial charge is 0.360 e. The molecule has 0 aliphatic rings. The van der Waals surface area contributed by atoms with E-state index in [2.05, 4.69) is 9.69 Å². The molecule has 0 bridgehead atoms. The molecule has 2 heterocycles. The van der Waals surface area contributed by atoms with Gasteiger partial charge in [-0.25, -0.2) is 4.79 Å². The van der Waals surface area contributed by atoms with Crippen molar-refractivity contribution >= 4 is 57.9 Å². The number of nitrogens with zero attached hydrogens (tertiary/aromatic N) is 1. The van der Waals surface area contributed by atoms with E-state index >= 15 is 0 Å². The van der Waals surface area contributed by atoms with Crippen molar-refractivity contribution in [3.8, 4) is 0 Å². The SMILES string of the molecule is C[C@H](OC(=O)c1nsc(Cl)c1Cl)C(=O)NCc1cccs1. The number of thiophene rings is 1. The number of hydrogen-bond acceptors (Lipinski definition) is 6. The van der Waals surface area contributed by atoms with E-state index in [9.17, 15) is 9.59 Å². The minimum atomic E-state index is -0.950. The number of carbonyl (C=O) groups excluding carboxylic acids is 2. The van der Waals surface area contributed by atoms with Crippen LogP contribution in [0.1, 0.15) is 22.3 Å². The van der Waals surface area contributed by atoms with Crippen LogP contribution in [0.15, 0.2) is 17.5 Å². The predicted octanol–water partition coefficient (Wildman–Crippen LogP) is 3.37. The molecule has 0 aliphatic heterocycles. The standard InChI is InChI=1S/C12H10Cl2N2O3S2/c1-6(11(17)15-5-7-3-2-4-20-7)19-12(18)9-8(13)10(14)21-16-9/h2-4,6H,5H2,1H3,(H,15,17)/t6-/m0/s1. The quantitative estimate of drug-likeness (QED) is 0.825. The van der Waals surface area contributed by atoms with Gasteiger partial charge in [0.15, 0.2) is 11.8 Å². The van der Waals surface area contributed by atoms with Gasteiger partial charge in [0.05, 0.1) is 6.54 Å². The third-order valence-corrected chi connectivity index (χ3v) is 4.95. The molecule has 0 spiro atoms. The van der Waals surface area contributed by atoms with E-state index in [1.807, 2.05) is 17.5 Å². The van der Waals surface area contributed by atoms with Crippen LogP contribution in [-0.2, 0) is 16.1 Å². The molecule has 9 heteroatoms. The lowest BCUT2D eigenvalue weighted by molar-refractivity contribution is -0.129. The first-order chi connectivity index (χ1) is 9.99. The average Bonchev–Trinajstić information content (AvgIpc) is 3.07. The van der Waals surface area contributed by atoms with Crippen LogP contribution in [0.4, 0.5) is 0 Å². The Labute approximate surface area is 139 Å². The molecule has 112 valence electrons. The Morgan fingerprint density at radius 2 is 2.24 bits per heavy atom. The third kappa shape index (κ3) is 4.16. The summed E-state index contributed by atoms with van der Waals surface area (Å²) in [5, 5.41) is 4.63. The maximum absolute atomic E-state index is 11.8. The fourth-order valence-electron chi connectivity index (χ4n) is 1.39. The van der Waals surface area contributed by atoms with E-state index in [1.54, 1.807) is 0 Å². The number of ether oxygens (including phenoxy) is 1. The minimum Gasteiger partial charge on any atom is -0.448 e. The molecular weight excluding hydrogens is 355 g/mol. The van der Waals surface area contributed by atoms with Crippen molar-refractivity contribution in [1.82, 2.24) is 9.69 Å². The van der Waals surface area contributed by atoms with E-state index in [-0.39, 0.29) is 15.1 Å². The number of rotatable bonds is 5. The van der Waals surface area contributed by atoms with E-state index in [0.717, 1.165) is 16.4 Å². The van der Waals surface area contributed by atoms with Gasteiger partial charge in [-0.2, -0.15) is 4.37 Å². The zero-order valence-corrected chi connectivity index (χ0v) is 13.9. The summed E-state index contributed by atoms with van der Waals surface area (Å²) in [6.07, 6.45) is -0.950. The van der Waals surface area contributed by atoms with Crippen molar-refractivity contribution in [2.45, 2.75) is 19.6 Å². The second-order valence-electron chi connectivity index (χ2n) is 3.96. The van der Waals surface area contributed by atoms with Gasteiger partial charge in [-0.05, 0) is 29.9 Å².